The molecule has 0 radical (unpaired) electrons. The second-order valence-electron chi connectivity index (χ2n) is 6.98. The average molecular weight is 414 g/mol. The molecule has 1 amide bonds. The van der Waals surface area contributed by atoms with E-state index in [1.54, 1.807) is 67.6 Å². The smallest absolute Gasteiger partial charge is 0.348 e. The van der Waals surface area contributed by atoms with Crippen molar-refractivity contribution >= 4 is 17.6 Å². The molecule has 156 valence electrons. The third kappa shape index (κ3) is 5.94. The van der Waals surface area contributed by atoms with E-state index in [4.69, 9.17) is 14.7 Å². The topological polar surface area (TPSA) is 88.4 Å². The Morgan fingerprint density at radius 2 is 1.58 bits per heavy atom. The van der Waals surface area contributed by atoms with Crippen molar-refractivity contribution in [1.82, 2.24) is 0 Å². The monoisotopic (exact) mass is 414 g/mol. The number of benzene rings is 3. The molecule has 2 atom stereocenters. The Balaban J connectivity index is 1.72. The molecule has 0 aliphatic rings. The van der Waals surface area contributed by atoms with Crippen LogP contribution in [0.4, 0.5) is 5.69 Å². The second-order valence-corrected chi connectivity index (χ2v) is 6.98. The predicted octanol–water partition coefficient (Wildman–Crippen LogP) is 4.56. The lowest BCUT2D eigenvalue weighted by Gasteiger charge is -2.21. The first-order valence-corrected chi connectivity index (χ1v) is 9.76. The Labute approximate surface area is 181 Å². The van der Waals surface area contributed by atoms with Gasteiger partial charge in [-0.1, -0.05) is 48.0 Å². The minimum atomic E-state index is -1.14. The summed E-state index contributed by atoms with van der Waals surface area (Å²) in [5, 5.41) is 11.7. The van der Waals surface area contributed by atoms with Gasteiger partial charge in [-0.25, -0.2) is 4.79 Å². The van der Waals surface area contributed by atoms with Crippen molar-refractivity contribution < 1.29 is 19.1 Å². The highest BCUT2D eigenvalue weighted by Crippen LogP contribution is 2.22. The summed E-state index contributed by atoms with van der Waals surface area (Å²) in [6.07, 6.45) is -2.09. The molecular formula is C25H22N2O4. The van der Waals surface area contributed by atoms with Gasteiger partial charge in [-0.2, -0.15) is 5.26 Å². The molecule has 0 heterocycles. The van der Waals surface area contributed by atoms with Crippen LogP contribution in [0.2, 0.25) is 0 Å². The number of nitrogens with zero attached hydrogens (tertiary/aromatic N) is 1. The van der Waals surface area contributed by atoms with E-state index in [1.165, 1.54) is 0 Å². The summed E-state index contributed by atoms with van der Waals surface area (Å²) in [4.78, 5) is 25.6. The Morgan fingerprint density at radius 1 is 0.935 bits per heavy atom. The summed E-state index contributed by atoms with van der Waals surface area (Å²) < 4.78 is 11.2. The average Bonchev–Trinajstić information content (AvgIpc) is 2.79. The standard InChI is InChI=1S/C25H22N2O4/c1-17-8-12-21(13-9-17)27-24(28)23(20-6-4-3-5-7-20)31-25(29)18(2)30-22-14-10-19(16-26)11-15-22/h3-15,18,23H,1-2H3,(H,27,28)/t18-,23-/m0/s1. The largest absolute Gasteiger partial charge is 0.479 e. The van der Waals surface area contributed by atoms with Crippen LogP contribution >= 0.6 is 0 Å². The SMILES string of the molecule is Cc1ccc(NC(=O)[C@@H](OC(=O)[C@H](C)Oc2ccc(C#N)cc2)c2ccccc2)cc1. The molecule has 0 saturated carbocycles. The molecule has 0 aliphatic carbocycles. The van der Waals surface area contributed by atoms with Gasteiger partial charge in [0.15, 0.2) is 6.10 Å². The van der Waals surface area contributed by atoms with Crippen LogP contribution in [0.25, 0.3) is 0 Å². The fraction of sp³-hybridized carbons (Fsp3) is 0.160. The first kappa shape index (κ1) is 21.6. The molecule has 0 fully saturated rings. The number of hydrogen-bond acceptors (Lipinski definition) is 5. The third-order valence-electron chi connectivity index (χ3n) is 4.52. The molecule has 3 aromatic rings. The molecule has 0 unspecified atom stereocenters. The number of amides is 1. The lowest BCUT2D eigenvalue weighted by molar-refractivity contribution is -0.161. The van der Waals surface area contributed by atoms with E-state index in [0.29, 0.717) is 22.6 Å². The minimum Gasteiger partial charge on any atom is -0.479 e. The Hall–Kier alpha value is -4.11. The summed E-state index contributed by atoms with van der Waals surface area (Å²) in [5.74, 6) is -0.727. The van der Waals surface area contributed by atoms with Gasteiger partial charge in [-0.3, -0.25) is 4.79 Å². The van der Waals surface area contributed by atoms with E-state index in [1.807, 2.05) is 31.2 Å². The van der Waals surface area contributed by atoms with E-state index in [2.05, 4.69) is 5.32 Å². The summed E-state index contributed by atoms with van der Waals surface area (Å²) in [7, 11) is 0. The lowest BCUT2D eigenvalue weighted by Crippen LogP contribution is -2.32. The number of nitrogens with one attached hydrogen (secondary N) is 1. The molecule has 3 rings (SSSR count). The minimum absolute atomic E-state index is 0.420. The number of carbonyl (C=O) groups excluding carboxylic acids is 2. The van der Waals surface area contributed by atoms with Gasteiger partial charge >= 0.3 is 5.97 Å². The van der Waals surface area contributed by atoms with Crippen LogP contribution in [0.5, 0.6) is 5.75 Å². The highest BCUT2D eigenvalue weighted by atomic mass is 16.6. The van der Waals surface area contributed by atoms with Crippen molar-refractivity contribution in [1.29, 1.82) is 5.26 Å². The zero-order chi connectivity index (χ0) is 22.2. The molecule has 0 aromatic heterocycles. The van der Waals surface area contributed by atoms with Crippen molar-refractivity contribution in [2.24, 2.45) is 0 Å². The molecule has 6 nitrogen and oxygen atoms in total. The molecule has 0 saturated heterocycles. The van der Waals surface area contributed by atoms with Crippen LogP contribution in [-0.4, -0.2) is 18.0 Å². The van der Waals surface area contributed by atoms with Gasteiger partial charge in [0.1, 0.15) is 5.75 Å². The number of nitriles is 1. The Kier molecular flexibility index (Phi) is 7.02. The molecule has 31 heavy (non-hydrogen) atoms. The molecule has 1 N–H and O–H groups in total. The number of rotatable bonds is 7. The van der Waals surface area contributed by atoms with Gasteiger partial charge in [0, 0.05) is 11.3 Å². The number of esters is 1. The van der Waals surface area contributed by atoms with Crippen molar-refractivity contribution in [2.75, 3.05) is 5.32 Å². The van der Waals surface area contributed by atoms with Crippen molar-refractivity contribution in [2.45, 2.75) is 26.1 Å². The van der Waals surface area contributed by atoms with Crippen LogP contribution in [0.3, 0.4) is 0 Å². The number of anilines is 1. The van der Waals surface area contributed by atoms with Crippen LogP contribution < -0.4 is 10.1 Å². The van der Waals surface area contributed by atoms with Gasteiger partial charge < -0.3 is 14.8 Å². The molecule has 0 spiro atoms. The van der Waals surface area contributed by atoms with E-state index >= 15 is 0 Å². The summed E-state index contributed by atoms with van der Waals surface area (Å²) in [6, 6.07) is 24.5. The van der Waals surface area contributed by atoms with Crippen LogP contribution in [0.15, 0.2) is 78.9 Å². The number of hydrogen-bond donors (Lipinski definition) is 1. The lowest BCUT2D eigenvalue weighted by atomic mass is 10.1. The maximum absolute atomic E-state index is 12.9. The maximum Gasteiger partial charge on any atom is 0.348 e. The zero-order valence-electron chi connectivity index (χ0n) is 17.2. The Bertz CT molecular complexity index is 1070. The molecule has 6 heteroatoms. The van der Waals surface area contributed by atoms with Crippen LogP contribution in [0.1, 0.15) is 29.7 Å². The van der Waals surface area contributed by atoms with E-state index < -0.39 is 24.1 Å². The molecule has 0 aliphatic heterocycles. The van der Waals surface area contributed by atoms with Gasteiger partial charge in [-0.05, 0) is 50.2 Å². The first-order valence-electron chi connectivity index (χ1n) is 9.76. The quantitative estimate of drug-likeness (QED) is 0.573. The van der Waals surface area contributed by atoms with E-state index in [0.717, 1.165) is 5.56 Å². The number of ether oxygens (including phenoxy) is 2. The van der Waals surface area contributed by atoms with Crippen molar-refractivity contribution in [3.8, 4) is 11.8 Å². The summed E-state index contributed by atoms with van der Waals surface area (Å²) in [6.45, 7) is 3.50. The van der Waals surface area contributed by atoms with Gasteiger partial charge in [-0.15, -0.1) is 0 Å². The normalized spacial score (nSPS) is 12.2. The molecular weight excluding hydrogens is 392 g/mol. The summed E-state index contributed by atoms with van der Waals surface area (Å²) in [5.41, 5.74) is 2.71. The van der Waals surface area contributed by atoms with E-state index in [9.17, 15) is 9.59 Å². The fourth-order valence-electron chi connectivity index (χ4n) is 2.82. The number of aryl methyl sites for hydroxylation is 1. The zero-order valence-corrected chi connectivity index (χ0v) is 17.2. The van der Waals surface area contributed by atoms with Crippen LogP contribution in [0, 0.1) is 18.3 Å². The second kappa shape index (κ2) is 10.1. The van der Waals surface area contributed by atoms with Gasteiger partial charge in [0.25, 0.3) is 5.91 Å². The fourth-order valence-corrected chi connectivity index (χ4v) is 2.82. The molecule has 3 aromatic carbocycles. The molecule has 0 bridgehead atoms. The number of carbonyl (C=O) groups is 2. The maximum atomic E-state index is 12.9. The first-order chi connectivity index (χ1) is 15.0. The van der Waals surface area contributed by atoms with E-state index in [-0.39, 0.29) is 0 Å². The highest BCUT2D eigenvalue weighted by molar-refractivity contribution is 5.96. The third-order valence-corrected chi connectivity index (χ3v) is 4.52. The predicted molar refractivity (Wildman–Crippen MR) is 116 cm³/mol. The summed E-state index contributed by atoms with van der Waals surface area (Å²) >= 11 is 0. The van der Waals surface area contributed by atoms with Crippen LogP contribution in [-0.2, 0) is 14.3 Å². The Morgan fingerprint density at radius 3 is 2.19 bits per heavy atom. The van der Waals surface area contributed by atoms with Crippen molar-refractivity contribution in [3.63, 3.8) is 0 Å². The van der Waals surface area contributed by atoms with Gasteiger partial charge in [0.2, 0.25) is 6.10 Å². The van der Waals surface area contributed by atoms with Gasteiger partial charge in [0.05, 0.1) is 11.6 Å². The van der Waals surface area contributed by atoms with Crippen molar-refractivity contribution in [3.05, 3.63) is 95.6 Å². The highest BCUT2D eigenvalue weighted by Gasteiger charge is 2.28.